The highest BCUT2D eigenvalue weighted by Crippen LogP contribution is 2.45. The number of carbonyl (C=O) groups excluding carboxylic acids is 1. The smallest absolute Gasteiger partial charge is 0.504 e. The molecule has 6 nitrogen and oxygen atoms in total. The number of halogens is 3. The van der Waals surface area contributed by atoms with Crippen LogP contribution in [0.15, 0.2) is 36.4 Å². The van der Waals surface area contributed by atoms with Gasteiger partial charge >= 0.3 is 6.36 Å². The van der Waals surface area contributed by atoms with E-state index in [1.54, 1.807) is 18.2 Å². The lowest BCUT2D eigenvalue weighted by molar-refractivity contribution is -0.275. The maximum absolute atomic E-state index is 12.6. The second-order valence-corrected chi connectivity index (χ2v) is 7.84. The Morgan fingerprint density at radius 1 is 1.16 bits per heavy atom. The minimum Gasteiger partial charge on any atom is -0.504 e. The van der Waals surface area contributed by atoms with Gasteiger partial charge in [0.25, 0.3) is 0 Å². The van der Waals surface area contributed by atoms with Crippen molar-refractivity contribution in [2.75, 3.05) is 13.2 Å². The zero-order chi connectivity index (χ0) is 22.2. The molecule has 1 unspecified atom stereocenters. The van der Waals surface area contributed by atoms with E-state index < -0.39 is 23.5 Å². The minimum atomic E-state index is -4.92. The van der Waals surface area contributed by atoms with Crippen molar-refractivity contribution in [3.05, 3.63) is 42.0 Å². The maximum Gasteiger partial charge on any atom is 0.573 e. The van der Waals surface area contributed by atoms with Gasteiger partial charge in [-0.15, -0.1) is 13.2 Å². The summed E-state index contributed by atoms with van der Waals surface area (Å²) in [7, 11) is 0. The summed E-state index contributed by atoms with van der Waals surface area (Å²) in [6, 6.07) is 8.74. The molecule has 0 radical (unpaired) electrons. The van der Waals surface area contributed by atoms with Crippen molar-refractivity contribution in [2.45, 2.75) is 44.2 Å². The van der Waals surface area contributed by atoms with E-state index in [2.05, 4.69) is 10.1 Å². The predicted molar refractivity (Wildman–Crippen MR) is 105 cm³/mol. The first-order valence-corrected chi connectivity index (χ1v) is 9.91. The average molecular weight is 437 g/mol. The van der Waals surface area contributed by atoms with Gasteiger partial charge in [0.2, 0.25) is 5.91 Å². The number of ether oxygens (including phenoxy) is 3. The summed E-state index contributed by atoms with van der Waals surface area (Å²) in [4.78, 5) is 11.8. The number of hydrogen-bond donors (Lipinski definition) is 2. The number of amides is 1. The first-order chi connectivity index (χ1) is 14.6. The molecule has 0 bridgehead atoms. The second kappa shape index (κ2) is 7.96. The first-order valence-electron chi connectivity index (χ1n) is 9.91. The SMILES string of the molecule is CC(=O)NC1CC2(CCOCC2)Oc2ccc(-c3ccc(O)c(OC(F)(F)F)c3)cc21. The van der Waals surface area contributed by atoms with Gasteiger partial charge in [-0.1, -0.05) is 12.1 Å². The molecular formula is C22H22F3NO5. The van der Waals surface area contributed by atoms with Gasteiger partial charge in [0.05, 0.1) is 19.3 Å². The molecule has 166 valence electrons. The monoisotopic (exact) mass is 437 g/mol. The van der Waals surface area contributed by atoms with E-state index >= 15 is 0 Å². The third-order valence-corrected chi connectivity index (χ3v) is 5.59. The zero-order valence-corrected chi connectivity index (χ0v) is 16.8. The number of benzene rings is 2. The molecule has 9 heteroatoms. The number of phenolic OH excluding ortho intramolecular Hbond substituents is 1. The molecule has 2 heterocycles. The standard InChI is InChI=1S/C22H22F3NO5/c1-13(27)26-17-12-21(6-8-29-9-7-21)30-19-5-3-14(10-16(17)19)15-2-4-18(28)20(11-15)31-22(23,24)25/h2-5,10-11,17,28H,6-9,12H2,1H3,(H,26,27). The summed E-state index contributed by atoms with van der Waals surface area (Å²) in [6.07, 6.45) is -2.93. The molecule has 4 rings (SSSR count). The summed E-state index contributed by atoms with van der Waals surface area (Å²) in [5.41, 5.74) is 1.35. The molecule has 1 atom stereocenters. The van der Waals surface area contributed by atoms with E-state index in [0.717, 1.165) is 17.7 Å². The summed E-state index contributed by atoms with van der Waals surface area (Å²) < 4.78 is 53.6. The molecule has 2 aromatic carbocycles. The van der Waals surface area contributed by atoms with Crippen LogP contribution in [0.2, 0.25) is 0 Å². The van der Waals surface area contributed by atoms with E-state index in [4.69, 9.17) is 9.47 Å². The van der Waals surface area contributed by atoms with Crippen LogP contribution in [0.4, 0.5) is 13.2 Å². The Bertz CT molecular complexity index is 986. The number of nitrogens with one attached hydrogen (secondary N) is 1. The average Bonchev–Trinajstić information content (AvgIpc) is 2.68. The highest BCUT2D eigenvalue weighted by Gasteiger charge is 2.42. The lowest BCUT2D eigenvalue weighted by Crippen LogP contribution is -2.48. The van der Waals surface area contributed by atoms with Gasteiger partial charge in [-0.25, -0.2) is 0 Å². The third-order valence-electron chi connectivity index (χ3n) is 5.59. The fourth-order valence-electron chi connectivity index (χ4n) is 4.17. The van der Waals surface area contributed by atoms with Crippen LogP contribution in [0.3, 0.4) is 0 Å². The van der Waals surface area contributed by atoms with Gasteiger partial charge in [0.15, 0.2) is 11.5 Å². The molecule has 0 aromatic heterocycles. The lowest BCUT2D eigenvalue weighted by Gasteiger charge is -2.44. The van der Waals surface area contributed by atoms with Gasteiger partial charge < -0.3 is 24.6 Å². The van der Waals surface area contributed by atoms with Crippen LogP contribution in [0.25, 0.3) is 11.1 Å². The highest BCUT2D eigenvalue weighted by molar-refractivity contribution is 5.74. The van der Waals surface area contributed by atoms with Crippen LogP contribution in [0, 0.1) is 0 Å². The highest BCUT2D eigenvalue weighted by atomic mass is 19.4. The molecule has 2 aliphatic heterocycles. The van der Waals surface area contributed by atoms with Crippen molar-refractivity contribution in [2.24, 2.45) is 0 Å². The molecule has 1 saturated heterocycles. The number of fused-ring (bicyclic) bond motifs is 1. The van der Waals surface area contributed by atoms with Crippen LogP contribution in [-0.2, 0) is 9.53 Å². The Labute approximate surface area is 176 Å². The van der Waals surface area contributed by atoms with E-state index in [1.807, 2.05) is 0 Å². The summed E-state index contributed by atoms with van der Waals surface area (Å²) in [5.74, 6) is -0.851. The molecule has 1 spiro atoms. The number of alkyl halides is 3. The van der Waals surface area contributed by atoms with Crippen LogP contribution in [-0.4, -0.2) is 36.2 Å². The zero-order valence-electron chi connectivity index (χ0n) is 16.8. The molecule has 1 amide bonds. The Morgan fingerprint density at radius 2 is 1.84 bits per heavy atom. The molecule has 0 saturated carbocycles. The van der Waals surface area contributed by atoms with Crippen molar-refractivity contribution >= 4 is 5.91 Å². The fraction of sp³-hybridized carbons (Fsp3) is 0.409. The van der Waals surface area contributed by atoms with Gasteiger partial charge in [-0.3, -0.25) is 4.79 Å². The fourth-order valence-corrected chi connectivity index (χ4v) is 4.17. The van der Waals surface area contributed by atoms with E-state index in [1.165, 1.54) is 13.0 Å². The topological polar surface area (TPSA) is 77.0 Å². The quantitative estimate of drug-likeness (QED) is 0.741. The lowest BCUT2D eigenvalue weighted by atomic mass is 9.81. The Balaban J connectivity index is 1.70. The largest absolute Gasteiger partial charge is 0.573 e. The number of carbonyl (C=O) groups is 1. The summed E-state index contributed by atoms with van der Waals surface area (Å²) in [6.45, 7) is 2.60. The molecule has 2 N–H and O–H groups in total. The number of phenols is 1. The normalized spacial score (nSPS) is 19.9. The molecule has 31 heavy (non-hydrogen) atoms. The van der Waals surface area contributed by atoms with E-state index in [9.17, 15) is 23.1 Å². The van der Waals surface area contributed by atoms with Crippen molar-refractivity contribution in [3.63, 3.8) is 0 Å². The van der Waals surface area contributed by atoms with E-state index in [0.29, 0.717) is 49.4 Å². The van der Waals surface area contributed by atoms with Crippen LogP contribution >= 0.6 is 0 Å². The Morgan fingerprint density at radius 3 is 2.52 bits per heavy atom. The minimum absolute atomic E-state index is 0.184. The van der Waals surface area contributed by atoms with Crippen LogP contribution < -0.4 is 14.8 Å². The second-order valence-electron chi connectivity index (χ2n) is 7.84. The summed E-state index contributed by atoms with van der Waals surface area (Å²) >= 11 is 0. The molecule has 2 aromatic rings. The van der Waals surface area contributed by atoms with Gasteiger partial charge in [-0.05, 0) is 35.4 Å². The van der Waals surface area contributed by atoms with Crippen LogP contribution in [0.5, 0.6) is 17.2 Å². The van der Waals surface area contributed by atoms with Crippen molar-refractivity contribution in [1.29, 1.82) is 0 Å². The molecule has 0 aliphatic carbocycles. The number of aromatic hydroxyl groups is 1. The van der Waals surface area contributed by atoms with Crippen LogP contribution in [0.1, 0.15) is 37.8 Å². The molecule has 2 aliphatic rings. The van der Waals surface area contributed by atoms with E-state index in [-0.39, 0.29) is 11.9 Å². The predicted octanol–water partition coefficient (Wildman–Crippen LogP) is 4.47. The summed E-state index contributed by atoms with van der Waals surface area (Å²) in [5, 5.41) is 12.7. The van der Waals surface area contributed by atoms with Crippen molar-refractivity contribution in [3.8, 4) is 28.4 Å². The maximum atomic E-state index is 12.6. The van der Waals surface area contributed by atoms with Gasteiger partial charge in [0.1, 0.15) is 11.4 Å². The molecule has 1 fully saturated rings. The number of hydrogen-bond acceptors (Lipinski definition) is 5. The van der Waals surface area contributed by atoms with Gasteiger partial charge in [0, 0.05) is 31.7 Å². The molecular weight excluding hydrogens is 415 g/mol. The number of rotatable bonds is 3. The Hall–Kier alpha value is -2.94. The Kier molecular flexibility index (Phi) is 5.47. The van der Waals surface area contributed by atoms with Gasteiger partial charge in [-0.2, -0.15) is 0 Å². The first kappa shape index (κ1) is 21.3. The van der Waals surface area contributed by atoms with Crippen molar-refractivity contribution in [1.82, 2.24) is 5.32 Å². The van der Waals surface area contributed by atoms with Crippen molar-refractivity contribution < 1.29 is 37.3 Å². The third kappa shape index (κ3) is 4.71.